The fourth-order valence-electron chi connectivity index (χ4n) is 2.53. The average Bonchev–Trinajstić information content (AvgIpc) is 2.50. The summed E-state index contributed by atoms with van der Waals surface area (Å²) in [6.45, 7) is 0. The van der Waals surface area contributed by atoms with Crippen LogP contribution in [0.5, 0.6) is 17.2 Å². The Kier molecular flexibility index (Phi) is 4.85. The second kappa shape index (κ2) is 6.62. The summed E-state index contributed by atoms with van der Waals surface area (Å²) in [6, 6.07) is 1.91. The van der Waals surface area contributed by atoms with Crippen LogP contribution in [0.4, 0.5) is 0 Å². The molecule has 0 saturated carbocycles. The van der Waals surface area contributed by atoms with Crippen molar-refractivity contribution in [2.24, 2.45) is 10.8 Å². The molecule has 1 aromatic carbocycles. The Morgan fingerprint density at radius 1 is 1.19 bits per heavy atom. The number of ether oxygens (including phenoxy) is 3. The van der Waals surface area contributed by atoms with E-state index >= 15 is 0 Å². The van der Waals surface area contributed by atoms with Crippen molar-refractivity contribution in [2.45, 2.75) is 19.3 Å². The summed E-state index contributed by atoms with van der Waals surface area (Å²) in [5.41, 5.74) is 11.0. The van der Waals surface area contributed by atoms with E-state index in [2.05, 4.69) is 10.5 Å². The number of thiocarbonyl (C=S) groups is 1. The molecule has 0 aromatic heterocycles. The molecule has 1 aliphatic carbocycles. The molecule has 0 unspecified atom stereocenters. The molecule has 2 rings (SSSR count). The molecule has 0 bridgehead atoms. The van der Waals surface area contributed by atoms with Crippen molar-refractivity contribution >= 4 is 23.0 Å². The lowest BCUT2D eigenvalue weighted by atomic mass is 9.88. The van der Waals surface area contributed by atoms with Gasteiger partial charge in [-0.2, -0.15) is 5.10 Å². The van der Waals surface area contributed by atoms with Gasteiger partial charge < -0.3 is 19.9 Å². The maximum Gasteiger partial charge on any atom is 0.203 e. The molecule has 0 atom stereocenters. The Bertz CT molecular complexity index is 587. The molecule has 0 amide bonds. The van der Waals surface area contributed by atoms with Gasteiger partial charge in [0, 0.05) is 11.1 Å². The summed E-state index contributed by atoms with van der Waals surface area (Å²) >= 11 is 4.79. The molecule has 1 aromatic rings. The van der Waals surface area contributed by atoms with E-state index in [4.69, 9.17) is 32.2 Å². The van der Waals surface area contributed by atoms with Crippen molar-refractivity contribution in [2.75, 3.05) is 21.3 Å². The monoisotopic (exact) mass is 309 g/mol. The minimum Gasteiger partial charge on any atom is -0.493 e. The van der Waals surface area contributed by atoms with Crippen molar-refractivity contribution in [1.29, 1.82) is 0 Å². The second-order valence-corrected chi connectivity index (χ2v) is 5.00. The number of hydrogen-bond acceptors (Lipinski definition) is 5. The zero-order valence-electron chi connectivity index (χ0n) is 12.4. The van der Waals surface area contributed by atoms with E-state index in [1.165, 1.54) is 0 Å². The number of fused-ring (bicyclic) bond motifs is 1. The van der Waals surface area contributed by atoms with Crippen LogP contribution in [0.15, 0.2) is 11.2 Å². The van der Waals surface area contributed by atoms with Crippen molar-refractivity contribution in [3.8, 4) is 17.2 Å². The van der Waals surface area contributed by atoms with Crippen LogP contribution in [0, 0.1) is 0 Å². The summed E-state index contributed by atoms with van der Waals surface area (Å²) < 4.78 is 16.3. The van der Waals surface area contributed by atoms with E-state index in [1.807, 2.05) is 6.07 Å². The molecule has 6 nitrogen and oxygen atoms in total. The molecule has 1 aliphatic rings. The van der Waals surface area contributed by atoms with Gasteiger partial charge in [-0.3, -0.25) is 5.43 Å². The summed E-state index contributed by atoms with van der Waals surface area (Å²) in [5.74, 6) is 1.90. The summed E-state index contributed by atoms with van der Waals surface area (Å²) in [7, 11) is 4.81. The van der Waals surface area contributed by atoms with Gasteiger partial charge >= 0.3 is 0 Å². The van der Waals surface area contributed by atoms with Gasteiger partial charge in [0.1, 0.15) is 0 Å². The second-order valence-electron chi connectivity index (χ2n) is 4.56. The molecule has 0 spiro atoms. The Balaban J connectivity index is 2.58. The van der Waals surface area contributed by atoms with E-state index in [9.17, 15) is 0 Å². The molecule has 21 heavy (non-hydrogen) atoms. The third-order valence-corrected chi connectivity index (χ3v) is 3.48. The predicted octanol–water partition coefficient (Wildman–Crippen LogP) is 1.59. The number of rotatable bonds is 4. The van der Waals surface area contributed by atoms with Crippen molar-refractivity contribution < 1.29 is 14.2 Å². The van der Waals surface area contributed by atoms with Crippen LogP contribution in [-0.4, -0.2) is 32.2 Å². The van der Waals surface area contributed by atoms with E-state index in [1.54, 1.807) is 21.3 Å². The van der Waals surface area contributed by atoms with E-state index in [0.29, 0.717) is 17.2 Å². The van der Waals surface area contributed by atoms with Gasteiger partial charge in [0.2, 0.25) is 5.75 Å². The molecule has 0 saturated heterocycles. The first kappa shape index (κ1) is 15.4. The maximum atomic E-state index is 5.52. The van der Waals surface area contributed by atoms with Crippen LogP contribution in [0.25, 0.3) is 0 Å². The first-order valence-electron chi connectivity index (χ1n) is 6.56. The zero-order chi connectivity index (χ0) is 15.4. The summed E-state index contributed by atoms with van der Waals surface area (Å²) in [5, 5.41) is 4.42. The summed E-state index contributed by atoms with van der Waals surface area (Å²) in [6.07, 6.45) is 2.70. The van der Waals surface area contributed by atoms with Crippen LogP contribution in [0.3, 0.4) is 0 Å². The van der Waals surface area contributed by atoms with Crippen LogP contribution in [0.1, 0.15) is 24.0 Å². The number of hydrazone groups is 1. The zero-order valence-corrected chi connectivity index (χ0v) is 13.2. The smallest absolute Gasteiger partial charge is 0.203 e. The molecule has 0 radical (unpaired) electrons. The van der Waals surface area contributed by atoms with Gasteiger partial charge in [-0.15, -0.1) is 0 Å². The average molecular weight is 309 g/mol. The van der Waals surface area contributed by atoms with E-state index in [-0.39, 0.29) is 5.11 Å². The normalized spacial score (nSPS) is 15.3. The maximum absolute atomic E-state index is 5.52. The molecule has 0 fully saturated rings. The number of methoxy groups -OCH3 is 3. The van der Waals surface area contributed by atoms with Gasteiger partial charge in [-0.05, 0) is 37.5 Å². The van der Waals surface area contributed by atoms with Crippen LogP contribution in [0.2, 0.25) is 0 Å². The van der Waals surface area contributed by atoms with E-state index in [0.717, 1.165) is 36.1 Å². The van der Waals surface area contributed by atoms with Gasteiger partial charge in [0.05, 0.1) is 27.0 Å². The van der Waals surface area contributed by atoms with Gasteiger partial charge in [-0.25, -0.2) is 0 Å². The molecule has 3 N–H and O–H groups in total. The van der Waals surface area contributed by atoms with Gasteiger partial charge in [0.25, 0.3) is 0 Å². The number of nitrogens with one attached hydrogen (secondary N) is 1. The Morgan fingerprint density at radius 2 is 1.90 bits per heavy atom. The summed E-state index contributed by atoms with van der Waals surface area (Å²) in [4.78, 5) is 0. The quantitative estimate of drug-likeness (QED) is 0.649. The fourth-order valence-corrected chi connectivity index (χ4v) is 2.57. The van der Waals surface area contributed by atoms with Crippen molar-refractivity contribution in [1.82, 2.24) is 5.43 Å². The first-order valence-corrected chi connectivity index (χ1v) is 6.97. The number of nitrogens with two attached hydrogens (primary N) is 1. The minimum atomic E-state index is 0.141. The molecule has 114 valence electrons. The fraction of sp³-hybridized carbons (Fsp3) is 0.429. The standard InChI is InChI=1S/C14H19N3O3S/c1-18-11-7-9-8(12(19-2)13(11)20-3)5-4-6-10(9)16-17-14(15)21/h7H,4-6H2,1-3H3,(H3,15,17,21)/b16-10+. The molecular weight excluding hydrogens is 290 g/mol. The van der Waals surface area contributed by atoms with Crippen LogP contribution >= 0.6 is 12.2 Å². The molecule has 0 heterocycles. The molecule has 7 heteroatoms. The molecular formula is C14H19N3O3S. The number of hydrogen-bond donors (Lipinski definition) is 2. The lowest BCUT2D eigenvalue weighted by molar-refractivity contribution is 0.321. The highest BCUT2D eigenvalue weighted by molar-refractivity contribution is 7.80. The minimum absolute atomic E-state index is 0.141. The van der Waals surface area contributed by atoms with Gasteiger partial charge in [-0.1, -0.05) is 0 Å². The Hall–Kier alpha value is -2.02. The topological polar surface area (TPSA) is 78.1 Å². The Labute approximate surface area is 129 Å². The predicted molar refractivity (Wildman–Crippen MR) is 85.5 cm³/mol. The lowest BCUT2D eigenvalue weighted by Crippen LogP contribution is -2.26. The highest BCUT2D eigenvalue weighted by Gasteiger charge is 2.25. The molecule has 0 aliphatic heterocycles. The third kappa shape index (κ3) is 3.02. The first-order chi connectivity index (χ1) is 10.1. The third-order valence-electron chi connectivity index (χ3n) is 3.39. The van der Waals surface area contributed by atoms with E-state index < -0.39 is 0 Å². The highest BCUT2D eigenvalue weighted by atomic mass is 32.1. The number of benzene rings is 1. The van der Waals surface area contributed by atoms with Crippen molar-refractivity contribution in [3.05, 3.63) is 17.2 Å². The van der Waals surface area contributed by atoms with Crippen molar-refractivity contribution in [3.63, 3.8) is 0 Å². The van der Waals surface area contributed by atoms with Crippen LogP contribution < -0.4 is 25.4 Å². The number of nitrogens with zero attached hydrogens (tertiary/aromatic N) is 1. The lowest BCUT2D eigenvalue weighted by Gasteiger charge is -2.23. The Morgan fingerprint density at radius 3 is 2.48 bits per heavy atom. The van der Waals surface area contributed by atoms with Crippen LogP contribution in [-0.2, 0) is 6.42 Å². The van der Waals surface area contributed by atoms with Gasteiger partial charge in [0.15, 0.2) is 16.6 Å². The highest BCUT2D eigenvalue weighted by Crippen LogP contribution is 2.44. The largest absolute Gasteiger partial charge is 0.493 e. The SMILES string of the molecule is COc1cc2c(c(OC)c1OC)CCC/C2=N\NC(N)=S.